The van der Waals surface area contributed by atoms with E-state index in [9.17, 15) is 4.79 Å². The fraction of sp³-hybridized carbons (Fsp3) is 0.696. The minimum absolute atomic E-state index is 0.217. The smallest absolute Gasteiger partial charge is 0.222 e. The lowest BCUT2D eigenvalue weighted by Crippen LogP contribution is -2.53. The molecule has 2 atom stereocenters. The highest BCUT2D eigenvalue weighted by molar-refractivity contribution is 5.76. The van der Waals surface area contributed by atoms with Gasteiger partial charge in [-0.25, -0.2) is 0 Å². The molecular formula is C23H36N2O4. The monoisotopic (exact) mass is 404 g/mol. The van der Waals surface area contributed by atoms with Crippen molar-refractivity contribution in [3.63, 3.8) is 0 Å². The number of ether oxygens (including phenoxy) is 3. The number of hydrogen-bond donors (Lipinski definition) is 0. The second-order valence-electron chi connectivity index (χ2n) is 8.20. The lowest BCUT2D eigenvalue weighted by molar-refractivity contribution is -0.134. The molecule has 1 saturated heterocycles. The fourth-order valence-corrected chi connectivity index (χ4v) is 4.93. The fourth-order valence-electron chi connectivity index (χ4n) is 4.93. The third-order valence-corrected chi connectivity index (χ3v) is 6.55. The first-order valence-corrected chi connectivity index (χ1v) is 10.9. The van der Waals surface area contributed by atoms with E-state index >= 15 is 0 Å². The van der Waals surface area contributed by atoms with Gasteiger partial charge in [-0.3, -0.25) is 9.69 Å². The molecule has 1 heterocycles. The van der Waals surface area contributed by atoms with Crippen molar-refractivity contribution in [1.29, 1.82) is 0 Å². The van der Waals surface area contributed by atoms with Crippen molar-refractivity contribution in [1.82, 2.24) is 9.80 Å². The Balaban J connectivity index is 1.65. The topological polar surface area (TPSA) is 51.2 Å². The van der Waals surface area contributed by atoms with E-state index < -0.39 is 0 Å². The van der Waals surface area contributed by atoms with Gasteiger partial charge in [-0.15, -0.1) is 0 Å². The Labute approximate surface area is 175 Å². The first kappa shape index (κ1) is 21.8. The summed E-state index contributed by atoms with van der Waals surface area (Å²) >= 11 is 0. The summed E-state index contributed by atoms with van der Waals surface area (Å²) in [6.07, 6.45) is 8.57. The molecule has 0 radical (unpaired) electrons. The normalized spacial score (nSPS) is 22.3. The number of carbonyl (C=O) groups excluding carboxylic acids is 1. The number of nitrogens with zero attached hydrogens (tertiary/aromatic N) is 2. The lowest BCUT2D eigenvalue weighted by Gasteiger charge is -2.42. The number of likely N-dealkylation sites (tertiary alicyclic amines) is 1. The van der Waals surface area contributed by atoms with E-state index in [4.69, 9.17) is 14.2 Å². The van der Waals surface area contributed by atoms with Crippen molar-refractivity contribution in [2.75, 3.05) is 41.5 Å². The summed E-state index contributed by atoms with van der Waals surface area (Å²) in [4.78, 5) is 17.7. The van der Waals surface area contributed by atoms with Crippen molar-refractivity contribution >= 4 is 5.91 Å². The highest BCUT2D eigenvalue weighted by atomic mass is 16.5. The number of hydrogen-bond acceptors (Lipinski definition) is 5. The van der Waals surface area contributed by atoms with Crippen molar-refractivity contribution in [2.24, 2.45) is 0 Å². The van der Waals surface area contributed by atoms with Crippen LogP contribution in [-0.2, 0) is 11.2 Å². The van der Waals surface area contributed by atoms with Gasteiger partial charge >= 0.3 is 0 Å². The number of methoxy groups -OCH3 is 3. The molecule has 6 heteroatoms. The maximum atomic E-state index is 13.0. The van der Waals surface area contributed by atoms with Crippen LogP contribution in [0.15, 0.2) is 12.1 Å². The second-order valence-corrected chi connectivity index (χ2v) is 8.20. The van der Waals surface area contributed by atoms with Crippen LogP contribution in [0.1, 0.15) is 50.5 Å². The van der Waals surface area contributed by atoms with Crippen LogP contribution >= 0.6 is 0 Å². The zero-order valence-electron chi connectivity index (χ0n) is 18.4. The van der Waals surface area contributed by atoms with E-state index in [1.807, 2.05) is 24.1 Å². The van der Waals surface area contributed by atoms with Crippen LogP contribution in [0.2, 0.25) is 0 Å². The molecule has 0 spiro atoms. The quantitative estimate of drug-likeness (QED) is 0.664. The Morgan fingerprint density at radius 3 is 2.21 bits per heavy atom. The lowest BCUT2D eigenvalue weighted by atomic mass is 9.88. The van der Waals surface area contributed by atoms with Crippen LogP contribution in [0.25, 0.3) is 0 Å². The molecular weight excluding hydrogens is 368 g/mol. The summed E-state index contributed by atoms with van der Waals surface area (Å²) < 4.78 is 16.3. The summed E-state index contributed by atoms with van der Waals surface area (Å²) in [6.45, 7) is 2.38. The zero-order valence-corrected chi connectivity index (χ0v) is 18.4. The Morgan fingerprint density at radius 2 is 1.62 bits per heavy atom. The maximum absolute atomic E-state index is 13.0. The number of benzene rings is 1. The second kappa shape index (κ2) is 10.2. The summed E-state index contributed by atoms with van der Waals surface area (Å²) in [5.74, 6) is 2.06. The van der Waals surface area contributed by atoms with Crippen molar-refractivity contribution in [3.8, 4) is 17.2 Å². The average molecular weight is 405 g/mol. The number of likely N-dealkylation sites (N-methyl/N-ethyl adjacent to an activating group) is 1. The molecule has 6 nitrogen and oxygen atoms in total. The van der Waals surface area contributed by atoms with Gasteiger partial charge in [-0.2, -0.15) is 0 Å². The van der Waals surface area contributed by atoms with Crippen molar-refractivity contribution in [3.05, 3.63) is 17.7 Å². The number of rotatable bonds is 8. The molecule has 162 valence electrons. The molecule has 0 bridgehead atoms. The Kier molecular flexibility index (Phi) is 7.64. The van der Waals surface area contributed by atoms with E-state index in [0.717, 1.165) is 12.0 Å². The minimum atomic E-state index is 0.217. The van der Waals surface area contributed by atoms with Crippen LogP contribution in [0.4, 0.5) is 0 Å². The molecule has 1 unspecified atom stereocenters. The zero-order chi connectivity index (χ0) is 20.8. The predicted molar refractivity (Wildman–Crippen MR) is 114 cm³/mol. The molecule has 0 N–H and O–H groups in total. The van der Waals surface area contributed by atoms with Gasteiger partial charge in [0, 0.05) is 25.6 Å². The largest absolute Gasteiger partial charge is 0.493 e. The molecule has 1 saturated carbocycles. The number of carbonyl (C=O) groups is 1. The van der Waals surface area contributed by atoms with Gasteiger partial charge in [0.1, 0.15) is 0 Å². The molecule has 1 aromatic carbocycles. The third-order valence-electron chi connectivity index (χ3n) is 6.55. The molecule has 1 aliphatic carbocycles. The Bertz CT molecular complexity index is 662. The first-order chi connectivity index (χ1) is 14.1. The van der Waals surface area contributed by atoms with Crippen LogP contribution in [0.5, 0.6) is 17.2 Å². The molecule has 1 amide bonds. The van der Waals surface area contributed by atoms with Gasteiger partial charge < -0.3 is 19.1 Å². The summed E-state index contributed by atoms with van der Waals surface area (Å²) in [5, 5.41) is 0. The minimum Gasteiger partial charge on any atom is -0.493 e. The van der Waals surface area contributed by atoms with E-state index in [-0.39, 0.29) is 5.91 Å². The van der Waals surface area contributed by atoms with Gasteiger partial charge in [0.15, 0.2) is 11.5 Å². The molecule has 0 aromatic heterocycles. The number of aryl methyl sites for hydroxylation is 1. The molecule has 2 fully saturated rings. The summed E-state index contributed by atoms with van der Waals surface area (Å²) in [7, 11) is 6.82. The van der Waals surface area contributed by atoms with E-state index in [1.54, 1.807) is 21.3 Å². The van der Waals surface area contributed by atoms with Crippen LogP contribution < -0.4 is 14.2 Å². The van der Waals surface area contributed by atoms with Crippen molar-refractivity contribution < 1.29 is 19.0 Å². The van der Waals surface area contributed by atoms with E-state index in [2.05, 4.69) is 4.90 Å². The Hall–Kier alpha value is -1.95. The molecule has 1 aromatic rings. The molecule has 2 aliphatic rings. The SMILES string of the molecule is COc1cc(CCC(=O)N(C)C2CCCC[C@@H]2N2CCCC2)cc(OC)c1OC. The van der Waals surface area contributed by atoms with Crippen LogP contribution in [-0.4, -0.2) is 69.3 Å². The van der Waals surface area contributed by atoms with Gasteiger partial charge in [0.25, 0.3) is 0 Å². The number of amides is 1. The van der Waals surface area contributed by atoms with Crippen LogP contribution in [0.3, 0.4) is 0 Å². The van der Waals surface area contributed by atoms with Gasteiger partial charge in [0.05, 0.1) is 21.3 Å². The molecule has 29 heavy (non-hydrogen) atoms. The first-order valence-electron chi connectivity index (χ1n) is 10.9. The summed E-state index contributed by atoms with van der Waals surface area (Å²) in [5.41, 5.74) is 1.01. The third kappa shape index (κ3) is 4.97. The van der Waals surface area contributed by atoms with E-state index in [0.29, 0.717) is 42.2 Å². The van der Waals surface area contributed by atoms with Gasteiger partial charge in [0.2, 0.25) is 11.7 Å². The standard InChI is InChI=1S/C23H36N2O4/c1-24(18-9-5-6-10-19(18)25-13-7-8-14-25)22(26)12-11-17-15-20(27-2)23(29-4)21(16-17)28-3/h15-16,18-19H,5-14H2,1-4H3/t18?,19-/m0/s1. The van der Waals surface area contributed by atoms with Crippen LogP contribution in [0, 0.1) is 0 Å². The predicted octanol–water partition coefficient (Wildman–Crippen LogP) is 3.51. The maximum Gasteiger partial charge on any atom is 0.222 e. The molecule has 1 aliphatic heterocycles. The highest BCUT2D eigenvalue weighted by Gasteiger charge is 2.35. The Morgan fingerprint density at radius 1 is 1.00 bits per heavy atom. The summed E-state index contributed by atoms with van der Waals surface area (Å²) in [6, 6.07) is 4.74. The highest BCUT2D eigenvalue weighted by Crippen LogP contribution is 2.38. The molecule has 3 rings (SSSR count). The van der Waals surface area contributed by atoms with Gasteiger partial charge in [-0.05, 0) is 62.9 Å². The average Bonchev–Trinajstić information content (AvgIpc) is 3.30. The van der Waals surface area contributed by atoms with Gasteiger partial charge in [-0.1, -0.05) is 12.8 Å². The van der Waals surface area contributed by atoms with Crippen molar-refractivity contribution in [2.45, 2.75) is 63.5 Å². The van der Waals surface area contributed by atoms with E-state index in [1.165, 1.54) is 45.2 Å².